The molecule has 0 bridgehead atoms. The topological polar surface area (TPSA) is 60.4 Å². The molecule has 0 amide bonds. The standard InChI is InChI=1S/C13H15BrN2O2/c1-8-3-4-11(17-2)9(7-8)12(16-15)13-10(14)5-6-18-13/h3-7,12,16H,15H2,1-2H3. The fraction of sp³-hybridized carbons (Fsp3) is 0.231. The van der Waals surface area contributed by atoms with Crippen LogP contribution < -0.4 is 16.0 Å². The first kappa shape index (κ1) is 13.1. The molecular weight excluding hydrogens is 296 g/mol. The highest BCUT2D eigenvalue weighted by Crippen LogP contribution is 2.34. The van der Waals surface area contributed by atoms with Crippen molar-refractivity contribution in [2.24, 2.45) is 5.84 Å². The summed E-state index contributed by atoms with van der Waals surface area (Å²) in [6.07, 6.45) is 1.62. The van der Waals surface area contributed by atoms with Crippen molar-refractivity contribution in [3.8, 4) is 5.75 Å². The summed E-state index contributed by atoms with van der Waals surface area (Å²) < 4.78 is 11.7. The molecule has 2 rings (SSSR count). The van der Waals surface area contributed by atoms with Gasteiger partial charge in [-0.25, -0.2) is 5.43 Å². The van der Waals surface area contributed by atoms with Crippen molar-refractivity contribution < 1.29 is 9.15 Å². The molecule has 0 aliphatic carbocycles. The molecule has 1 aromatic carbocycles. The fourth-order valence-electron chi connectivity index (χ4n) is 1.90. The zero-order valence-corrected chi connectivity index (χ0v) is 11.8. The Balaban J connectivity index is 2.51. The Labute approximate surface area is 114 Å². The predicted molar refractivity (Wildman–Crippen MR) is 73.3 cm³/mol. The Morgan fingerprint density at radius 2 is 2.17 bits per heavy atom. The Bertz CT molecular complexity index is 540. The van der Waals surface area contributed by atoms with Crippen LogP contribution in [0.4, 0.5) is 0 Å². The van der Waals surface area contributed by atoms with Gasteiger partial charge in [-0.1, -0.05) is 17.7 Å². The van der Waals surface area contributed by atoms with E-state index in [0.717, 1.165) is 27.1 Å². The lowest BCUT2D eigenvalue weighted by Crippen LogP contribution is -2.29. The first-order valence-corrected chi connectivity index (χ1v) is 6.30. The lowest BCUT2D eigenvalue weighted by atomic mass is 10.0. The molecule has 1 atom stereocenters. The number of benzene rings is 1. The van der Waals surface area contributed by atoms with Gasteiger partial charge >= 0.3 is 0 Å². The van der Waals surface area contributed by atoms with Crippen LogP contribution >= 0.6 is 15.9 Å². The predicted octanol–water partition coefficient (Wildman–Crippen LogP) is 2.91. The maximum atomic E-state index is 5.65. The number of rotatable bonds is 4. The average molecular weight is 311 g/mol. The normalized spacial score (nSPS) is 12.4. The molecular formula is C13H15BrN2O2. The third kappa shape index (κ3) is 2.43. The molecule has 0 saturated heterocycles. The van der Waals surface area contributed by atoms with E-state index >= 15 is 0 Å². The number of halogens is 1. The number of furan rings is 1. The molecule has 0 aliphatic rings. The third-order valence-corrected chi connectivity index (χ3v) is 3.42. The van der Waals surface area contributed by atoms with Gasteiger partial charge < -0.3 is 9.15 Å². The molecule has 18 heavy (non-hydrogen) atoms. The third-order valence-electron chi connectivity index (χ3n) is 2.77. The van der Waals surface area contributed by atoms with Crippen LogP contribution in [0.15, 0.2) is 39.4 Å². The molecule has 0 aliphatic heterocycles. The summed E-state index contributed by atoms with van der Waals surface area (Å²) in [6, 6.07) is 7.52. The number of hydrogen-bond donors (Lipinski definition) is 2. The molecule has 2 aromatic rings. The largest absolute Gasteiger partial charge is 0.496 e. The molecule has 1 aromatic heterocycles. The van der Waals surface area contributed by atoms with E-state index in [-0.39, 0.29) is 6.04 Å². The summed E-state index contributed by atoms with van der Waals surface area (Å²) in [6.45, 7) is 2.02. The lowest BCUT2D eigenvalue weighted by Gasteiger charge is -2.18. The summed E-state index contributed by atoms with van der Waals surface area (Å²) in [4.78, 5) is 0. The van der Waals surface area contributed by atoms with Crippen molar-refractivity contribution in [1.82, 2.24) is 5.43 Å². The van der Waals surface area contributed by atoms with Crippen molar-refractivity contribution in [3.63, 3.8) is 0 Å². The summed E-state index contributed by atoms with van der Waals surface area (Å²) in [5, 5.41) is 0. The highest BCUT2D eigenvalue weighted by molar-refractivity contribution is 9.10. The SMILES string of the molecule is COc1ccc(C)cc1C(NN)c1occc1Br. The summed E-state index contributed by atoms with van der Waals surface area (Å²) >= 11 is 3.44. The van der Waals surface area contributed by atoms with Gasteiger partial charge in [0.1, 0.15) is 17.6 Å². The Hall–Kier alpha value is -1.30. The van der Waals surface area contributed by atoms with Gasteiger partial charge in [0.2, 0.25) is 0 Å². The van der Waals surface area contributed by atoms with Gasteiger partial charge in [0.15, 0.2) is 0 Å². The van der Waals surface area contributed by atoms with Crippen LogP contribution in [0.2, 0.25) is 0 Å². The molecule has 96 valence electrons. The van der Waals surface area contributed by atoms with E-state index in [0.29, 0.717) is 0 Å². The second kappa shape index (κ2) is 5.56. The average Bonchev–Trinajstić information content (AvgIpc) is 2.77. The first-order chi connectivity index (χ1) is 8.67. The van der Waals surface area contributed by atoms with Crippen molar-refractivity contribution in [1.29, 1.82) is 0 Å². The minimum atomic E-state index is -0.260. The second-order valence-electron chi connectivity index (χ2n) is 3.98. The molecule has 3 N–H and O–H groups in total. The highest BCUT2D eigenvalue weighted by atomic mass is 79.9. The van der Waals surface area contributed by atoms with Crippen LogP contribution in [0.1, 0.15) is 22.9 Å². The maximum absolute atomic E-state index is 5.65. The zero-order valence-electron chi connectivity index (χ0n) is 10.2. The number of ether oxygens (including phenoxy) is 1. The monoisotopic (exact) mass is 310 g/mol. The van der Waals surface area contributed by atoms with E-state index in [2.05, 4.69) is 21.4 Å². The van der Waals surface area contributed by atoms with Crippen molar-refractivity contribution in [2.75, 3.05) is 7.11 Å². The van der Waals surface area contributed by atoms with Gasteiger partial charge in [-0.3, -0.25) is 5.84 Å². The van der Waals surface area contributed by atoms with Crippen molar-refractivity contribution >= 4 is 15.9 Å². The van der Waals surface area contributed by atoms with Crippen LogP contribution in [-0.2, 0) is 0 Å². The molecule has 0 radical (unpaired) electrons. The van der Waals surface area contributed by atoms with Gasteiger partial charge in [-0.2, -0.15) is 0 Å². The quantitative estimate of drug-likeness (QED) is 0.673. The second-order valence-corrected chi connectivity index (χ2v) is 4.83. The van der Waals surface area contributed by atoms with E-state index in [1.165, 1.54) is 0 Å². The van der Waals surface area contributed by atoms with Crippen LogP contribution in [0, 0.1) is 6.92 Å². The number of hydrogen-bond acceptors (Lipinski definition) is 4. The number of aryl methyl sites for hydroxylation is 1. The van der Waals surface area contributed by atoms with Gasteiger partial charge in [0, 0.05) is 5.56 Å². The summed E-state index contributed by atoms with van der Waals surface area (Å²) in [5.74, 6) is 7.15. The number of methoxy groups -OCH3 is 1. The van der Waals surface area contributed by atoms with Crippen LogP contribution in [0.5, 0.6) is 5.75 Å². The van der Waals surface area contributed by atoms with E-state index in [1.807, 2.05) is 31.2 Å². The minimum absolute atomic E-state index is 0.260. The van der Waals surface area contributed by atoms with Crippen LogP contribution in [0.25, 0.3) is 0 Å². The van der Waals surface area contributed by atoms with Gasteiger partial charge in [0.05, 0.1) is 17.8 Å². The van der Waals surface area contributed by atoms with Crippen molar-refractivity contribution in [2.45, 2.75) is 13.0 Å². The smallest absolute Gasteiger partial charge is 0.140 e. The molecule has 1 heterocycles. The minimum Gasteiger partial charge on any atom is -0.496 e. The lowest BCUT2D eigenvalue weighted by molar-refractivity contribution is 0.393. The van der Waals surface area contributed by atoms with Gasteiger partial charge in [-0.15, -0.1) is 0 Å². The number of nitrogens with one attached hydrogen (secondary N) is 1. The van der Waals surface area contributed by atoms with Gasteiger partial charge in [-0.05, 0) is 35.0 Å². The van der Waals surface area contributed by atoms with Gasteiger partial charge in [0.25, 0.3) is 0 Å². The molecule has 0 spiro atoms. The van der Waals surface area contributed by atoms with E-state index < -0.39 is 0 Å². The number of hydrazine groups is 1. The van der Waals surface area contributed by atoms with Crippen molar-refractivity contribution in [3.05, 3.63) is 51.9 Å². The Morgan fingerprint density at radius 1 is 1.39 bits per heavy atom. The van der Waals surface area contributed by atoms with E-state index in [1.54, 1.807) is 13.4 Å². The highest BCUT2D eigenvalue weighted by Gasteiger charge is 2.22. The van der Waals surface area contributed by atoms with E-state index in [4.69, 9.17) is 15.0 Å². The Morgan fingerprint density at radius 3 is 2.72 bits per heavy atom. The number of nitrogens with two attached hydrogens (primary N) is 1. The summed E-state index contributed by atoms with van der Waals surface area (Å²) in [7, 11) is 1.64. The zero-order chi connectivity index (χ0) is 13.1. The molecule has 1 unspecified atom stereocenters. The summed E-state index contributed by atoms with van der Waals surface area (Å²) in [5.41, 5.74) is 4.83. The molecule has 4 nitrogen and oxygen atoms in total. The van der Waals surface area contributed by atoms with E-state index in [9.17, 15) is 0 Å². The molecule has 0 saturated carbocycles. The van der Waals surface area contributed by atoms with Crippen LogP contribution in [-0.4, -0.2) is 7.11 Å². The maximum Gasteiger partial charge on any atom is 0.140 e. The first-order valence-electron chi connectivity index (χ1n) is 5.51. The molecule has 0 fully saturated rings. The Kier molecular flexibility index (Phi) is 4.06. The fourth-order valence-corrected chi connectivity index (χ4v) is 2.33. The van der Waals surface area contributed by atoms with Crippen LogP contribution in [0.3, 0.4) is 0 Å². The molecule has 5 heteroatoms.